The average molecular weight is 329 g/mol. The van der Waals surface area contributed by atoms with Crippen molar-refractivity contribution in [3.05, 3.63) is 28.2 Å². The van der Waals surface area contributed by atoms with Gasteiger partial charge in [-0.1, -0.05) is 22.0 Å². The van der Waals surface area contributed by atoms with Gasteiger partial charge in [0, 0.05) is 29.2 Å². The number of halogens is 1. The van der Waals surface area contributed by atoms with Gasteiger partial charge in [0.05, 0.1) is 0 Å². The van der Waals surface area contributed by atoms with Gasteiger partial charge in [-0.15, -0.1) is 0 Å². The summed E-state index contributed by atoms with van der Waals surface area (Å²) in [7, 11) is 1.77. The van der Waals surface area contributed by atoms with E-state index in [4.69, 9.17) is 10.5 Å². The minimum absolute atomic E-state index is 0.0187. The van der Waals surface area contributed by atoms with Gasteiger partial charge in [-0.3, -0.25) is 4.79 Å². The van der Waals surface area contributed by atoms with Crippen LogP contribution in [0.4, 0.5) is 0 Å². The maximum Gasteiger partial charge on any atom is 0.260 e. The van der Waals surface area contributed by atoms with E-state index >= 15 is 0 Å². The second kappa shape index (κ2) is 6.91. The molecule has 0 radical (unpaired) electrons. The summed E-state index contributed by atoms with van der Waals surface area (Å²) in [6.45, 7) is 5.83. The predicted octanol–water partition coefficient (Wildman–Crippen LogP) is 2.71. The Morgan fingerprint density at radius 3 is 2.58 bits per heavy atom. The molecule has 0 aliphatic heterocycles. The van der Waals surface area contributed by atoms with Crippen LogP contribution in [0.1, 0.15) is 32.4 Å². The molecule has 0 spiro atoms. The zero-order chi connectivity index (χ0) is 14.6. The monoisotopic (exact) mass is 328 g/mol. The fourth-order valence-electron chi connectivity index (χ4n) is 1.54. The molecule has 1 rings (SSSR count). The largest absolute Gasteiger partial charge is 0.483 e. The molecule has 1 unspecified atom stereocenters. The smallest absolute Gasteiger partial charge is 0.260 e. The third kappa shape index (κ3) is 4.51. The molecule has 0 aliphatic rings. The summed E-state index contributed by atoms with van der Waals surface area (Å²) >= 11 is 3.39. The molecule has 1 atom stereocenters. The van der Waals surface area contributed by atoms with Gasteiger partial charge in [0.15, 0.2) is 6.61 Å². The topological polar surface area (TPSA) is 55.6 Å². The zero-order valence-electron chi connectivity index (χ0n) is 11.8. The summed E-state index contributed by atoms with van der Waals surface area (Å²) in [5.41, 5.74) is 6.78. The van der Waals surface area contributed by atoms with Crippen LogP contribution in [0.2, 0.25) is 0 Å². The number of nitrogens with zero attached hydrogens (tertiary/aromatic N) is 1. The molecule has 2 N–H and O–H groups in total. The van der Waals surface area contributed by atoms with Crippen molar-refractivity contribution in [3.63, 3.8) is 0 Å². The van der Waals surface area contributed by atoms with Gasteiger partial charge in [-0.25, -0.2) is 0 Å². The molecule has 0 bridgehead atoms. The fraction of sp³-hybridized carbons (Fsp3) is 0.500. The zero-order valence-corrected chi connectivity index (χ0v) is 13.4. The summed E-state index contributed by atoms with van der Waals surface area (Å²) in [5, 5.41) is 0. The second-order valence-corrected chi connectivity index (χ2v) is 5.77. The van der Waals surface area contributed by atoms with Gasteiger partial charge in [-0.05, 0) is 32.9 Å². The van der Waals surface area contributed by atoms with E-state index in [9.17, 15) is 4.79 Å². The molecule has 0 heterocycles. The number of rotatable bonds is 5. The van der Waals surface area contributed by atoms with Crippen molar-refractivity contribution in [2.24, 2.45) is 5.73 Å². The van der Waals surface area contributed by atoms with Crippen molar-refractivity contribution >= 4 is 21.8 Å². The summed E-state index contributed by atoms with van der Waals surface area (Å²) < 4.78 is 6.51. The Balaban J connectivity index is 2.77. The van der Waals surface area contributed by atoms with Crippen LogP contribution in [-0.4, -0.2) is 30.5 Å². The van der Waals surface area contributed by atoms with Crippen LogP contribution in [0.15, 0.2) is 22.7 Å². The van der Waals surface area contributed by atoms with Gasteiger partial charge >= 0.3 is 0 Å². The number of hydrogen-bond donors (Lipinski definition) is 1. The minimum atomic E-state index is -0.138. The molecule has 0 aromatic heterocycles. The number of amides is 1. The molecule has 0 fully saturated rings. The normalized spacial score (nSPS) is 12.4. The highest BCUT2D eigenvalue weighted by molar-refractivity contribution is 9.10. The van der Waals surface area contributed by atoms with Gasteiger partial charge in [0.2, 0.25) is 0 Å². The molecule has 5 heteroatoms. The minimum Gasteiger partial charge on any atom is -0.483 e. The summed E-state index contributed by atoms with van der Waals surface area (Å²) in [4.78, 5) is 13.5. The van der Waals surface area contributed by atoms with Crippen LogP contribution in [0.5, 0.6) is 5.75 Å². The maximum absolute atomic E-state index is 11.9. The van der Waals surface area contributed by atoms with Crippen LogP contribution in [0.3, 0.4) is 0 Å². The van der Waals surface area contributed by atoms with Crippen LogP contribution in [0.25, 0.3) is 0 Å². The predicted molar refractivity (Wildman–Crippen MR) is 80.1 cm³/mol. The highest BCUT2D eigenvalue weighted by Crippen LogP contribution is 2.27. The highest BCUT2D eigenvalue weighted by Gasteiger charge is 2.14. The first kappa shape index (κ1) is 16.0. The lowest BCUT2D eigenvalue weighted by atomic mass is 10.1. The Bertz CT molecular complexity index is 447. The standard InChI is InChI=1S/C14H21BrN2O2/c1-9(2)17(4)14(18)8-19-13-7-11(15)5-6-12(13)10(3)16/h5-7,9-10H,8,16H2,1-4H3. The molecule has 4 nitrogen and oxygen atoms in total. The second-order valence-electron chi connectivity index (χ2n) is 4.86. The number of likely N-dealkylation sites (N-methyl/N-ethyl adjacent to an activating group) is 1. The summed E-state index contributed by atoms with van der Waals surface area (Å²) in [6.07, 6.45) is 0. The molecule has 19 heavy (non-hydrogen) atoms. The van der Waals surface area contributed by atoms with Crippen molar-refractivity contribution < 1.29 is 9.53 Å². The first-order valence-electron chi connectivity index (χ1n) is 6.26. The maximum atomic E-state index is 11.9. The Labute approximate surface area is 123 Å². The number of hydrogen-bond acceptors (Lipinski definition) is 3. The van der Waals surface area contributed by atoms with Gasteiger partial charge in [0.1, 0.15) is 5.75 Å². The lowest BCUT2D eigenvalue weighted by Crippen LogP contribution is -2.36. The molecule has 0 saturated heterocycles. The van der Waals surface area contributed by atoms with Crippen LogP contribution in [-0.2, 0) is 4.79 Å². The van der Waals surface area contributed by atoms with Crippen LogP contribution < -0.4 is 10.5 Å². The number of nitrogens with two attached hydrogens (primary N) is 1. The first-order chi connectivity index (χ1) is 8.82. The molecule has 0 saturated carbocycles. The lowest BCUT2D eigenvalue weighted by Gasteiger charge is -2.22. The number of carbonyl (C=O) groups excluding carboxylic acids is 1. The van der Waals surface area contributed by atoms with E-state index < -0.39 is 0 Å². The van der Waals surface area contributed by atoms with Gasteiger partial charge in [-0.2, -0.15) is 0 Å². The van der Waals surface area contributed by atoms with Crippen molar-refractivity contribution in [2.45, 2.75) is 32.9 Å². The SMILES string of the molecule is CC(N)c1ccc(Br)cc1OCC(=O)N(C)C(C)C. The molecule has 1 aromatic carbocycles. The van der Waals surface area contributed by atoms with Crippen molar-refractivity contribution in [1.29, 1.82) is 0 Å². The summed E-state index contributed by atoms with van der Waals surface area (Å²) in [6, 6.07) is 5.67. The van der Waals surface area contributed by atoms with E-state index in [1.807, 2.05) is 39.0 Å². The van der Waals surface area contributed by atoms with Crippen LogP contribution in [0, 0.1) is 0 Å². The number of ether oxygens (including phenoxy) is 1. The van der Waals surface area contributed by atoms with Crippen molar-refractivity contribution in [1.82, 2.24) is 4.90 Å². The third-order valence-corrected chi connectivity index (χ3v) is 3.48. The molecule has 106 valence electrons. The Kier molecular flexibility index (Phi) is 5.82. The Morgan fingerprint density at radius 1 is 1.42 bits per heavy atom. The fourth-order valence-corrected chi connectivity index (χ4v) is 1.88. The number of carbonyl (C=O) groups is 1. The lowest BCUT2D eigenvalue weighted by molar-refractivity contribution is -0.133. The summed E-state index contributed by atoms with van der Waals surface area (Å²) in [5.74, 6) is 0.598. The quantitative estimate of drug-likeness (QED) is 0.904. The Hall–Kier alpha value is -1.07. The van der Waals surface area contributed by atoms with E-state index in [0.29, 0.717) is 5.75 Å². The van der Waals surface area contributed by atoms with Gasteiger partial charge in [0.25, 0.3) is 5.91 Å². The van der Waals surface area contributed by atoms with E-state index in [0.717, 1.165) is 10.0 Å². The molecular weight excluding hydrogens is 308 g/mol. The molecule has 0 aliphatic carbocycles. The van der Waals surface area contributed by atoms with E-state index in [-0.39, 0.29) is 24.6 Å². The average Bonchev–Trinajstić information content (AvgIpc) is 2.34. The third-order valence-electron chi connectivity index (χ3n) is 2.99. The molecule has 1 amide bonds. The molecule has 1 aromatic rings. The van der Waals surface area contributed by atoms with Crippen LogP contribution >= 0.6 is 15.9 Å². The molecular formula is C14H21BrN2O2. The van der Waals surface area contributed by atoms with E-state index in [1.54, 1.807) is 11.9 Å². The van der Waals surface area contributed by atoms with Gasteiger partial charge < -0.3 is 15.4 Å². The number of benzene rings is 1. The van der Waals surface area contributed by atoms with E-state index in [2.05, 4.69) is 15.9 Å². The Morgan fingerprint density at radius 2 is 2.05 bits per heavy atom. The van der Waals surface area contributed by atoms with Crippen molar-refractivity contribution in [3.8, 4) is 5.75 Å². The van der Waals surface area contributed by atoms with Crippen molar-refractivity contribution in [2.75, 3.05) is 13.7 Å². The first-order valence-corrected chi connectivity index (χ1v) is 7.05. The van der Waals surface area contributed by atoms with E-state index in [1.165, 1.54) is 0 Å². The highest BCUT2D eigenvalue weighted by atomic mass is 79.9.